The van der Waals surface area contributed by atoms with Crippen molar-refractivity contribution in [2.45, 2.75) is 25.7 Å². The van der Waals surface area contributed by atoms with E-state index < -0.39 is 10.2 Å². The molecule has 156 valence electrons. The first-order valence-corrected chi connectivity index (χ1v) is 11.6. The molecule has 3 heterocycles. The Morgan fingerprint density at radius 3 is 2.10 bits per heavy atom. The van der Waals surface area contributed by atoms with Crippen LogP contribution in [0.3, 0.4) is 0 Å². The number of nitrogens with zero attached hydrogens (tertiary/aromatic N) is 4. The Morgan fingerprint density at radius 2 is 1.45 bits per heavy atom. The molecule has 4 rings (SSSR count). The lowest BCUT2D eigenvalue weighted by Crippen LogP contribution is -2.53. The number of H-pyrrole nitrogens is 1. The average molecular weight is 418 g/mol. The molecule has 2 aliphatic rings. The third-order valence-corrected chi connectivity index (χ3v) is 7.67. The van der Waals surface area contributed by atoms with Gasteiger partial charge < -0.3 is 4.90 Å². The van der Waals surface area contributed by atoms with Gasteiger partial charge in [0.2, 0.25) is 0 Å². The van der Waals surface area contributed by atoms with Crippen molar-refractivity contribution in [2.75, 3.05) is 44.2 Å². The normalized spacial score (nSPS) is 19.8. The minimum absolute atomic E-state index is 0.265. The highest BCUT2D eigenvalue weighted by Crippen LogP contribution is 2.28. The molecule has 9 heteroatoms. The molecule has 0 aliphatic carbocycles. The molecule has 8 nitrogen and oxygen atoms in total. The molecule has 0 bridgehead atoms. The van der Waals surface area contributed by atoms with Gasteiger partial charge in [0.05, 0.1) is 5.69 Å². The van der Waals surface area contributed by atoms with Crippen LogP contribution in [-0.4, -0.2) is 66.5 Å². The van der Waals surface area contributed by atoms with Crippen molar-refractivity contribution in [3.05, 3.63) is 46.8 Å². The van der Waals surface area contributed by atoms with E-state index in [1.54, 1.807) is 14.7 Å². The van der Waals surface area contributed by atoms with Gasteiger partial charge in [0.1, 0.15) is 5.69 Å². The van der Waals surface area contributed by atoms with Crippen molar-refractivity contribution in [2.24, 2.45) is 0 Å². The fourth-order valence-corrected chi connectivity index (χ4v) is 5.71. The second kappa shape index (κ2) is 8.64. The fourth-order valence-electron chi connectivity index (χ4n) is 4.04. The summed E-state index contributed by atoms with van der Waals surface area (Å²) in [6.07, 6.45) is 4.05. The number of aromatic nitrogens is 2. The molecule has 1 N–H and O–H groups in total. The minimum Gasteiger partial charge on any atom is -0.367 e. The molecule has 0 unspecified atom stereocenters. The molecule has 0 radical (unpaired) electrons. The summed E-state index contributed by atoms with van der Waals surface area (Å²) < 4.78 is 29.3. The maximum Gasteiger partial charge on any atom is 0.282 e. The first-order chi connectivity index (χ1) is 14.1. The third kappa shape index (κ3) is 4.36. The minimum atomic E-state index is -3.43. The van der Waals surface area contributed by atoms with Crippen LogP contribution in [0.1, 0.15) is 25.7 Å². The predicted molar refractivity (Wildman–Crippen MR) is 113 cm³/mol. The molecule has 1 aromatic heterocycles. The molecule has 1 aromatic carbocycles. The maximum absolute atomic E-state index is 13.0. The number of anilines is 1. The Labute approximate surface area is 171 Å². The zero-order valence-electron chi connectivity index (χ0n) is 16.5. The van der Waals surface area contributed by atoms with Gasteiger partial charge in [0.25, 0.3) is 15.8 Å². The smallest absolute Gasteiger partial charge is 0.282 e. The van der Waals surface area contributed by atoms with E-state index in [9.17, 15) is 13.2 Å². The van der Waals surface area contributed by atoms with Crippen molar-refractivity contribution < 1.29 is 8.42 Å². The van der Waals surface area contributed by atoms with Gasteiger partial charge in [-0.2, -0.15) is 22.1 Å². The Bertz CT molecular complexity index is 977. The number of benzene rings is 1. The van der Waals surface area contributed by atoms with Crippen molar-refractivity contribution in [1.82, 2.24) is 18.8 Å². The van der Waals surface area contributed by atoms with Gasteiger partial charge in [-0.05, 0) is 12.8 Å². The van der Waals surface area contributed by atoms with Crippen LogP contribution in [0, 0.1) is 0 Å². The first kappa shape index (κ1) is 20.1. The van der Waals surface area contributed by atoms with Crippen LogP contribution in [0.4, 0.5) is 5.69 Å². The van der Waals surface area contributed by atoms with Crippen LogP contribution in [0.2, 0.25) is 0 Å². The number of aromatic amines is 1. The molecule has 2 saturated heterocycles. The van der Waals surface area contributed by atoms with Crippen LogP contribution in [0.25, 0.3) is 11.3 Å². The van der Waals surface area contributed by atoms with Crippen LogP contribution < -0.4 is 10.5 Å². The highest BCUT2D eigenvalue weighted by molar-refractivity contribution is 7.86. The SMILES string of the molecule is O=c1cc(N2CCN(S(=O)(=O)N3CCCCCC3)CC2)c(-c2ccccc2)n[nH]1. The number of hydrogen-bond acceptors (Lipinski definition) is 5. The second-order valence-corrected chi connectivity index (χ2v) is 9.47. The summed E-state index contributed by atoms with van der Waals surface area (Å²) in [4.78, 5) is 14.0. The predicted octanol–water partition coefficient (Wildman–Crippen LogP) is 1.68. The molecule has 0 spiro atoms. The first-order valence-electron chi connectivity index (χ1n) is 10.2. The maximum atomic E-state index is 13.0. The van der Waals surface area contributed by atoms with E-state index in [0.29, 0.717) is 45.0 Å². The van der Waals surface area contributed by atoms with Gasteiger partial charge in [0, 0.05) is 50.9 Å². The van der Waals surface area contributed by atoms with E-state index in [4.69, 9.17) is 0 Å². The molecule has 29 heavy (non-hydrogen) atoms. The van der Waals surface area contributed by atoms with E-state index in [0.717, 1.165) is 36.9 Å². The number of piperazine rings is 1. The van der Waals surface area contributed by atoms with E-state index in [2.05, 4.69) is 15.1 Å². The van der Waals surface area contributed by atoms with Crippen LogP contribution >= 0.6 is 0 Å². The summed E-state index contributed by atoms with van der Waals surface area (Å²) in [6.45, 7) is 3.08. The van der Waals surface area contributed by atoms with E-state index in [-0.39, 0.29) is 5.56 Å². The lowest BCUT2D eigenvalue weighted by atomic mass is 10.1. The molecule has 2 fully saturated rings. The lowest BCUT2D eigenvalue weighted by molar-refractivity contribution is 0.327. The second-order valence-electron chi connectivity index (χ2n) is 7.54. The molecule has 2 aromatic rings. The number of rotatable bonds is 4. The summed E-state index contributed by atoms with van der Waals surface area (Å²) >= 11 is 0. The fraction of sp³-hybridized carbons (Fsp3) is 0.500. The Hall–Kier alpha value is -2.23. The van der Waals surface area contributed by atoms with Crippen molar-refractivity contribution in [3.8, 4) is 11.3 Å². The van der Waals surface area contributed by atoms with Crippen LogP contribution in [0.5, 0.6) is 0 Å². The molecule has 2 aliphatic heterocycles. The van der Waals surface area contributed by atoms with Gasteiger partial charge in [-0.1, -0.05) is 43.2 Å². The van der Waals surface area contributed by atoms with Crippen molar-refractivity contribution in [3.63, 3.8) is 0 Å². The Balaban J connectivity index is 1.52. The number of hydrogen-bond donors (Lipinski definition) is 1. The Kier molecular flexibility index (Phi) is 5.98. The van der Waals surface area contributed by atoms with Crippen molar-refractivity contribution >= 4 is 15.9 Å². The Morgan fingerprint density at radius 1 is 0.828 bits per heavy atom. The summed E-state index contributed by atoms with van der Waals surface area (Å²) in [7, 11) is -3.43. The van der Waals surface area contributed by atoms with Crippen LogP contribution in [0.15, 0.2) is 41.2 Å². The highest BCUT2D eigenvalue weighted by Gasteiger charge is 2.33. The van der Waals surface area contributed by atoms with E-state index in [1.807, 2.05) is 30.3 Å². The quantitative estimate of drug-likeness (QED) is 0.818. The van der Waals surface area contributed by atoms with Gasteiger partial charge in [0.15, 0.2) is 0 Å². The third-order valence-electron chi connectivity index (χ3n) is 5.63. The summed E-state index contributed by atoms with van der Waals surface area (Å²) in [5.41, 5.74) is 2.10. The van der Waals surface area contributed by atoms with Gasteiger partial charge in [-0.3, -0.25) is 4.79 Å². The zero-order valence-corrected chi connectivity index (χ0v) is 17.3. The monoisotopic (exact) mass is 417 g/mol. The highest BCUT2D eigenvalue weighted by atomic mass is 32.2. The van der Waals surface area contributed by atoms with Gasteiger partial charge in [-0.15, -0.1) is 0 Å². The average Bonchev–Trinajstić information content (AvgIpc) is 3.05. The standard InChI is InChI=1S/C20H27N5O3S/c26-19-16-18(20(22-21-19)17-8-4-3-5-9-17)23-12-14-25(15-13-23)29(27,28)24-10-6-1-2-7-11-24/h3-5,8-9,16H,1-2,6-7,10-15H2,(H,21,26). The largest absolute Gasteiger partial charge is 0.367 e. The van der Waals surface area contributed by atoms with Crippen molar-refractivity contribution in [1.29, 1.82) is 0 Å². The van der Waals surface area contributed by atoms with E-state index in [1.165, 1.54) is 0 Å². The number of nitrogens with one attached hydrogen (secondary N) is 1. The summed E-state index contributed by atoms with van der Waals surface area (Å²) in [6, 6.07) is 11.2. The molecule has 0 amide bonds. The summed E-state index contributed by atoms with van der Waals surface area (Å²) in [5, 5.41) is 6.77. The van der Waals surface area contributed by atoms with Gasteiger partial charge >= 0.3 is 0 Å². The van der Waals surface area contributed by atoms with E-state index >= 15 is 0 Å². The van der Waals surface area contributed by atoms with Gasteiger partial charge in [-0.25, -0.2) is 5.10 Å². The summed E-state index contributed by atoms with van der Waals surface area (Å²) in [5.74, 6) is 0. The molecule has 0 atom stereocenters. The lowest BCUT2D eigenvalue weighted by Gasteiger charge is -2.37. The molecular formula is C20H27N5O3S. The molecular weight excluding hydrogens is 390 g/mol. The zero-order chi connectivity index (χ0) is 20.3. The molecule has 0 saturated carbocycles. The topological polar surface area (TPSA) is 89.6 Å². The van der Waals surface area contributed by atoms with Crippen LogP contribution in [-0.2, 0) is 10.2 Å².